The van der Waals surface area contributed by atoms with E-state index in [1.165, 1.54) is 19.3 Å². The zero-order valence-corrected chi connectivity index (χ0v) is 10.4. The highest BCUT2D eigenvalue weighted by molar-refractivity contribution is 5.98. The minimum Gasteiger partial charge on any atom is -0.493 e. The molecule has 0 unspecified atom stereocenters. The van der Waals surface area contributed by atoms with Crippen LogP contribution in [0.1, 0.15) is 49.4 Å². The largest absolute Gasteiger partial charge is 0.493 e. The summed E-state index contributed by atoms with van der Waals surface area (Å²) in [5.41, 5.74) is 0.726. The van der Waals surface area contributed by atoms with Crippen LogP contribution in [0.3, 0.4) is 0 Å². The number of carbonyl (C=O) groups is 1. The van der Waals surface area contributed by atoms with Crippen LogP contribution in [0.2, 0.25) is 0 Å². The maximum absolute atomic E-state index is 11.7. The minimum atomic E-state index is 0.157. The Balaban J connectivity index is 1.91. The van der Waals surface area contributed by atoms with Gasteiger partial charge in [-0.15, -0.1) is 0 Å². The number of hydrogen-bond donors (Lipinski definition) is 0. The molecule has 1 fully saturated rings. The monoisotopic (exact) mass is 232 g/mol. The summed E-state index contributed by atoms with van der Waals surface area (Å²) in [6, 6.07) is 7.56. The van der Waals surface area contributed by atoms with E-state index in [9.17, 15) is 4.79 Å². The summed E-state index contributed by atoms with van der Waals surface area (Å²) in [4.78, 5) is 11.7. The normalized spacial score (nSPS) is 15.4. The Morgan fingerprint density at radius 1 is 1.35 bits per heavy atom. The van der Waals surface area contributed by atoms with E-state index in [2.05, 4.69) is 0 Å². The fourth-order valence-electron chi connectivity index (χ4n) is 2.13. The van der Waals surface area contributed by atoms with E-state index in [1.807, 2.05) is 31.2 Å². The van der Waals surface area contributed by atoms with Crippen LogP contribution < -0.4 is 4.74 Å². The summed E-state index contributed by atoms with van der Waals surface area (Å²) in [6.07, 6.45) is 5.71. The van der Waals surface area contributed by atoms with Gasteiger partial charge in [0.2, 0.25) is 0 Å². The predicted molar refractivity (Wildman–Crippen MR) is 68.5 cm³/mol. The Hall–Kier alpha value is -1.31. The number of hydrogen-bond acceptors (Lipinski definition) is 2. The fourth-order valence-corrected chi connectivity index (χ4v) is 2.13. The summed E-state index contributed by atoms with van der Waals surface area (Å²) in [7, 11) is 0. The number of para-hydroxylation sites is 1. The minimum absolute atomic E-state index is 0.157. The smallest absolute Gasteiger partial charge is 0.166 e. The molecule has 1 saturated carbocycles. The van der Waals surface area contributed by atoms with Gasteiger partial charge < -0.3 is 4.74 Å². The number of benzene rings is 1. The van der Waals surface area contributed by atoms with Crippen molar-refractivity contribution in [3.05, 3.63) is 29.8 Å². The average Bonchev–Trinajstić information content (AvgIpc) is 2.32. The molecule has 0 bridgehead atoms. The Labute approximate surface area is 103 Å². The van der Waals surface area contributed by atoms with Gasteiger partial charge in [0.15, 0.2) is 5.78 Å². The number of Topliss-reactive ketones (excluding diaryl/α,β-unsaturated/α-hetero) is 1. The number of ether oxygens (including phenoxy) is 1. The van der Waals surface area contributed by atoms with Crippen molar-refractivity contribution in [1.29, 1.82) is 0 Å². The van der Waals surface area contributed by atoms with E-state index >= 15 is 0 Å². The van der Waals surface area contributed by atoms with E-state index in [-0.39, 0.29) is 5.78 Å². The molecule has 0 saturated heterocycles. The van der Waals surface area contributed by atoms with Gasteiger partial charge in [0.1, 0.15) is 5.75 Å². The molecule has 17 heavy (non-hydrogen) atoms. The summed E-state index contributed by atoms with van der Waals surface area (Å²) >= 11 is 0. The van der Waals surface area contributed by atoms with E-state index in [0.29, 0.717) is 6.42 Å². The first-order chi connectivity index (χ1) is 8.31. The third-order valence-electron chi connectivity index (χ3n) is 3.52. The molecular weight excluding hydrogens is 212 g/mol. The Kier molecular flexibility index (Phi) is 4.18. The highest BCUT2D eigenvalue weighted by Crippen LogP contribution is 2.29. The molecule has 1 aromatic carbocycles. The number of carbonyl (C=O) groups excluding carboxylic acids is 1. The lowest BCUT2D eigenvalue weighted by Gasteiger charge is -2.25. The van der Waals surface area contributed by atoms with Gasteiger partial charge in [0.25, 0.3) is 0 Å². The summed E-state index contributed by atoms with van der Waals surface area (Å²) in [5, 5.41) is 0. The van der Waals surface area contributed by atoms with Crippen LogP contribution >= 0.6 is 0 Å². The van der Waals surface area contributed by atoms with Gasteiger partial charge in [-0.25, -0.2) is 0 Å². The third kappa shape index (κ3) is 3.09. The molecular formula is C15H20O2. The molecule has 0 spiro atoms. The van der Waals surface area contributed by atoms with E-state index in [0.717, 1.165) is 30.3 Å². The maximum atomic E-state index is 11.7. The highest BCUT2D eigenvalue weighted by atomic mass is 16.5. The van der Waals surface area contributed by atoms with Crippen molar-refractivity contribution in [2.75, 3.05) is 6.61 Å². The van der Waals surface area contributed by atoms with Crippen LogP contribution in [0, 0.1) is 5.92 Å². The lowest BCUT2D eigenvalue weighted by atomic mass is 9.83. The molecule has 0 atom stereocenters. The SMILES string of the molecule is CCC(=O)c1ccccc1OCCC1CCC1. The van der Waals surface area contributed by atoms with Crippen LogP contribution in [0.15, 0.2) is 24.3 Å². The predicted octanol–water partition coefficient (Wildman–Crippen LogP) is 3.85. The van der Waals surface area contributed by atoms with Gasteiger partial charge in [0.05, 0.1) is 12.2 Å². The lowest BCUT2D eigenvalue weighted by Crippen LogP contribution is -2.15. The van der Waals surface area contributed by atoms with Gasteiger partial charge in [-0.05, 0) is 24.5 Å². The van der Waals surface area contributed by atoms with Crippen molar-refractivity contribution in [2.45, 2.75) is 39.0 Å². The van der Waals surface area contributed by atoms with Crippen molar-refractivity contribution in [3.63, 3.8) is 0 Å². The first-order valence-electron chi connectivity index (χ1n) is 6.56. The second kappa shape index (κ2) is 5.85. The van der Waals surface area contributed by atoms with Crippen molar-refractivity contribution in [2.24, 2.45) is 5.92 Å². The molecule has 1 aliphatic rings. The lowest BCUT2D eigenvalue weighted by molar-refractivity contribution is 0.0983. The Bertz CT molecular complexity index is 380. The molecule has 1 aliphatic carbocycles. The first kappa shape index (κ1) is 12.2. The zero-order valence-electron chi connectivity index (χ0n) is 10.4. The molecule has 2 nitrogen and oxygen atoms in total. The Morgan fingerprint density at radius 3 is 2.76 bits per heavy atom. The van der Waals surface area contributed by atoms with E-state index in [1.54, 1.807) is 0 Å². The second-order valence-electron chi connectivity index (χ2n) is 4.71. The summed E-state index contributed by atoms with van der Waals surface area (Å²) in [6.45, 7) is 2.62. The first-order valence-corrected chi connectivity index (χ1v) is 6.56. The van der Waals surface area contributed by atoms with Crippen molar-refractivity contribution in [1.82, 2.24) is 0 Å². The summed E-state index contributed by atoms with van der Waals surface area (Å²) in [5.74, 6) is 1.76. The van der Waals surface area contributed by atoms with Crippen LogP contribution in [0.5, 0.6) is 5.75 Å². The zero-order chi connectivity index (χ0) is 12.1. The quantitative estimate of drug-likeness (QED) is 0.696. The van der Waals surface area contributed by atoms with Crippen LogP contribution in [-0.4, -0.2) is 12.4 Å². The summed E-state index contributed by atoms with van der Waals surface area (Å²) < 4.78 is 5.75. The topological polar surface area (TPSA) is 26.3 Å². The van der Waals surface area contributed by atoms with Crippen molar-refractivity contribution in [3.8, 4) is 5.75 Å². The third-order valence-corrected chi connectivity index (χ3v) is 3.52. The number of ketones is 1. The fraction of sp³-hybridized carbons (Fsp3) is 0.533. The van der Waals surface area contributed by atoms with Gasteiger partial charge in [-0.3, -0.25) is 4.79 Å². The molecule has 0 aromatic heterocycles. The standard InChI is InChI=1S/C15H20O2/c1-2-14(16)13-8-3-4-9-15(13)17-11-10-12-6-5-7-12/h3-4,8-9,12H,2,5-7,10-11H2,1H3. The molecule has 1 aromatic rings. The van der Waals surface area contributed by atoms with E-state index in [4.69, 9.17) is 4.74 Å². The van der Waals surface area contributed by atoms with Crippen LogP contribution in [-0.2, 0) is 0 Å². The van der Waals surface area contributed by atoms with Gasteiger partial charge in [-0.2, -0.15) is 0 Å². The van der Waals surface area contributed by atoms with Crippen molar-refractivity contribution >= 4 is 5.78 Å². The number of rotatable bonds is 6. The molecule has 0 aliphatic heterocycles. The molecule has 0 amide bonds. The maximum Gasteiger partial charge on any atom is 0.166 e. The molecule has 0 N–H and O–H groups in total. The van der Waals surface area contributed by atoms with Crippen molar-refractivity contribution < 1.29 is 9.53 Å². The molecule has 2 rings (SSSR count). The average molecular weight is 232 g/mol. The highest BCUT2D eigenvalue weighted by Gasteiger charge is 2.17. The van der Waals surface area contributed by atoms with Gasteiger partial charge in [0, 0.05) is 6.42 Å². The Morgan fingerprint density at radius 2 is 2.12 bits per heavy atom. The molecule has 92 valence electrons. The molecule has 0 radical (unpaired) electrons. The van der Waals surface area contributed by atoms with Gasteiger partial charge in [-0.1, -0.05) is 38.3 Å². The van der Waals surface area contributed by atoms with Crippen LogP contribution in [0.4, 0.5) is 0 Å². The molecule has 0 heterocycles. The van der Waals surface area contributed by atoms with Gasteiger partial charge >= 0.3 is 0 Å². The second-order valence-corrected chi connectivity index (χ2v) is 4.71. The van der Waals surface area contributed by atoms with Crippen LogP contribution in [0.25, 0.3) is 0 Å². The van der Waals surface area contributed by atoms with E-state index < -0.39 is 0 Å². The molecule has 2 heteroatoms.